The summed E-state index contributed by atoms with van der Waals surface area (Å²) in [4.78, 5) is 24.6. The van der Waals surface area contributed by atoms with E-state index in [1.54, 1.807) is 0 Å². The number of nitrogens with zero attached hydrogens (tertiary/aromatic N) is 3. The SMILES string of the molecule is COC(=O)C1=CC(N=[N+]=[N-])C(NC=C=O)C(C(O)C(O)CO)O1. The maximum absolute atomic E-state index is 11.6. The van der Waals surface area contributed by atoms with Crippen LogP contribution in [-0.2, 0) is 19.1 Å². The molecule has 1 aliphatic heterocycles. The minimum Gasteiger partial charge on any atom is -0.478 e. The Morgan fingerprint density at radius 1 is 1.70 bits per heavy atom. The molecule has 0 aliphatic carbocycles. The van der Waals surface area contributed by atoms with Gasteiger partial charge < -0.3 is 30.1 Å². The number of esters is 1. The molecule has 0 amide bonds. The van der Waals surface area contributed by atoms with E-state index in [-0.39, 0.29) is 5.76 Å². The van der Waals surface area contributed by atoms with E-state index >= 15 is 0 Å². The van der Waals surface area contributed by atoms with Gasteiger partial charge in [-0.05, 0) is 11.6 Å². The van der Waals surface area contributed by atoms with Gasteiger partial charge in [0, 0.05) is 4.91 Å². The number of carbonyl (C=O) groups is 1. The van der Waals surface area contributed by atoms with Gasteiger partial charge in [-0.2, -0.15) is 0 Å². The molecule has 0 fully saturated rings. The smallest absolute Gasteiger partial charge is 0.372 e. The molecular formula is C12H16N4O7. The maximum atomic E-state index is 11.6. The van der Waals surface area contributed by atoms with Crippen LogP contribution in [0.5, 0.6) is 0 Å². The van der Waals surface area contributed by atoms with Gasteiger partial charge in [0.1, 0.15) is 24.3 Å². The Morgan fingerprint density at radius 2 is 2.39 bits per heavy atom. The van der Waals surface area contributed by atoms with Crippen molar-refractivity contribution < 1.29 is 34.4 Å². The summed E-state index contributed by atoms with van der Waals surface area (Å²) < 4.78 is 9.78. The summed E-state index contributed by atoms with van der Waals surface area (Å²) in [5, 5.41) is 34.6. The van der Waals surface area contributed by atoms with E-state index in [4.69, 9.17) is 15.4 Å². The van der Waals surface area contributed by atoms with Gasteiger partial charge in [0.25, 0.3) is 0 Å². The summed E-state index contributed by atoms with van der Waals surface area (Å²) in [6, 6.07) is -2.05. The fourth-order valence-electron chi connectivity index (χ4n) is 2.03. The first-order valence-electron chi connectivity index (χ1n) is 6.43. The van der Waals surface area contributed by atoms with Crippen molar-refractivity contribution in [2.75, 3.05) is 13.7 Å². The Hall–Kier alpha value is -2.55. The number of hydrogen-bond acceptors (Lipinski definition) is 9. The van der Waals surface area contributed by atoms with Crippen molar-refractivity contribution in [3.63, 3.8) is 0 Å². The van der Waals surface area contributed by atoms with Crippen molar-refractivity contribution in [3.05, 3.63) is 28.5 Å². The first-order chi connectivity index (χ1) is 11.0. The van der Waals surface area contributed by atoms with Crippen LogP contribution < -0.4 is 5.32 Å². The Morgan fingerprint density at radius 3 is 2.91 bits per heavy atom. The summed E-state index contributed by atoms with van der Waals surface area (Å²) in [5.41, 5.74) is 8.63. The van der Waals surface area contributed by atoms with Crippen molar-refractivity contribution in [1.82, 2.24) is 5.32 Å². The van der Waals surface area contributed by atoms with E-state index in [2.05, 4.69) is 20.1 Å². The number of aliphatic hydroxyl groups is 3. The normalized spacial score (nSPS) is 25.6. The number of azide groups is 1. The predicted molar refractivity (Wildman–Crippen MR) is 74.2 cm³/mol. The lowest BCUT2D eigenvalue weighted by atomic mass is 9.92. The summed E-state index contributed by atoms with van der Waals surface area (Å²) in [6.07, 6.45) is -2.56. The van der Waals surface area contributed by atoms with Crippen LogP contribution in [-0.4, -0.2) is 71.3 Å². The quantitative estimate of drug-likeness (QED) is 0.138. The Balaban J connectivity index is 3.25. The zero-order valence-electron chi connectivity index (χ0n) is 12.1. The van der Waals surface area contributed by atoms with Crippen molar-refractivity contribution in [3.8, 4) is 0 Å². The molecule has 0 bridgehead atoms. The fraction of sp³-hybridized carbons (Fsp3) is 0.583. The third kappa shape index (κ3) is 4.46. The van der Waals surface area contributed by atoms with E-state index in [1.165, 1.54) is 5.94 Å². The first kappa shape index (κ1) is 18.5. The number of ether oxygens (including phenoxy) is 2. The second-order valence-electron chi connectivity index (χ2n) is 4.50. The molecule has 0 radical (unpaired) electrons. The largest absolute Gasteiger partial charge is 0.478 e. The van der Waals surface area contributed by atoms with Crippen LogP contribution in [0.3, 0.4) is 0 Å². The van der Waals surface area contributed by atoms with Crippen molar-refractivity contribution in [2.24, 2.45) is 5.11 Å². The topological polar surface area (TPSA) is 174 Å². The molecule has 23 heavy (non-hydrogen) atoms. The Bertz CT molecular complexity index is 554. The average molecular weight is 328 g/mol. The zero-order chi connectivity index (χ0) is 17.4. The number of rotatable bonds is 7. The lowest BCUT2D eigenvalue weighted by Gasteiger charge is -2.38. The van der Waals surface area contributed by atoms with Gasteiger partial charge in [-0.25, -0.2) is 9.59 Å². The molecule has 126 valence electrons. The minimum absolute atomic E-state index is 0.341. The van der Waals surface area contributed by atoms with E-state index in [9.17, 15) is 19.8 Å². The molecule has 0 aromatic carbocycles. The van der Waals surface area contributed by atoms with Gasteiger partial charge in [-0.3, -0.25) is 0 Å². The molecule has 1 heterocycles. The summed E-state index contributed by atoms with van der Waals surface area (Å²) in [5.74, 6) is 0.217. The number of carbonyl (C=O) groups excluding carboxylic acids is 2. The highest BCUT2D eigenvalue weighted by Gasteiger charge is 2.42. The van der Waals surface area contributed by atoms with Crippen LogP contribution in [0.1, 0.15) is 0 Å². The van der Waals surface area contributed by atoms with E-state index in [1.807, 2.05) is 0 Å². The molecule has 11 heteroatoms. The lowest BCUT2D eigenvalue weighted by molar-refractivity contribution is -0.148. The fourth-order valence-corrected chi connectivity index (χ4v) is 2.03. The Labute approximate surface area is 130 Å². The molecule has 1 rings (SSSR count). The van der Waals surface area contributed by atoms with Crippen LogP contribution >= 0.6 is 0 Å². The molecule has 0 spiro atoms. The van der Waals surface area contributed by atoms with Crippen molar-refractivity contribution in [2.45, 2.75) is 30.4 Å². The molecule has 0 aromatic heterocycles. The highest BCUT2D eigenvalue weighted by molar-refractivity contribution is 5.86. The summed E-state index contributed by atoms with van der Waals surface area (Å²) in [7, 11) is 1.10. The van der Waals surface area contributed by atoms with Gasteiger partial charge in [-0.1, -0.05) is 5.11 Å². The van der Waals surface area contributed by atoms with Crippen molar-refractivity contribution in [1.29, 1.82) is 0 Å². The van der Waals surface area contributed by atoms with E-state index in [0.29, 0.717) is 0 Å². The first-order valence-corrected chi connectivity index (χ1v) is 6.43. The lowest BCUT2D eigenvalue weighted by Crippen LogP contribution is -2.57. The monoisotopic (exact) mass is 328 g/mol. The van der Waals surface area contributed by atoms with E-state index < -0.39 is 43.0 Å². The second-order valence-corrected chi connectivity index (χ2v) is 4.50. The van der Waals surface area contributed by atoms with Crippen LogP contribution in [0, 0.1) is 0 Å². The molecular weight excluding hydrogens is 312 g/mol. The van der Waals surface area contributed by atoms with Crippen LogP contribution in [0.25, 0.3) is 10.4 Å². The van der Waals surface area contributed by atoms with Gasteiger partial charge in [0.2, 0.25) is 5.76 Å². The highest BCUT2D eigenvalue weighted by Crippen LogP contribution is 2.25. The van der Waals surface area contributed by atoms with Gasteiger partial charge in [0.05, 0.1) is 32.0 Å². The summed E-state index contributed by atoms with van der Waals surface area (Å²) >= 11 is 0. The second kappa shape index (κ2) is 8.79. The maximum Gasteiger partial charge on any atom is 0.372 e. The van der Waals surface area contributed by atoms with Gasteiger partial charge >= 0.3 is 5.97 Å². The van der Waals surface area contributed by atoms with Crippen molar-refractivity contribution >= 4 is 11.9 Å². The number of nitrogens with one attached hydrogen (secondary N) is 1. The number of hydrogen-bond donors (Lipinski definition) is 4. The molecule has 0 saturated heterocycles. The molecule has 5 atom stereocenters. The third-order valence-corrected chi connectivity index (χ3v) is 3.13. The predicted octanol–water partition coefficient (Wildman–Crippen LogP) is -1.86. The molecule has 5 unspecified atom stereocenters. The third-order valence-electron chi connectivity index (χ3n) is 3.13. The standard InChI is InChI=1S/C12H16N4O7/c1-22-12(21)8-4-6(15-16-13)9(14-2-3-17)11(23-8)10(20)7(19)5-18/h2,4,6-7,9-11,14,18-20H,5H2,1H3. The molecule has 11 nitrogen and oxygen atoms in total. The van der Waals surface area contributed by atoms with Crippen LogP contribution in [0.15, 0.2) is 23.1 Å². The average Bonchev–Trinajstić information content (AvgIpc) is 2.58. The van der Waals surface area contributed by atoms with Gasteiger partial charge in [-0.15, -0.1) is 0 Å². The van der Waals surface area contributed by atoms with Crippen LogP contribution in [0.2, 0.25) is 0 Å². The number of methoxy groups -OCH3 is 1. The highest BCUT2D eigenvalue weighted by atomic mass is 16.6. The number of aliphatic hydroxyl groups excluding tert-OH is 3. The zero-order valence-corrected chi connectivity index (χ0v) is 12.1. The minimum atomic E-state index is -1.65. The summed E-state index contributed by atoms with van der Waals surface area (Å²) in [6.45, 7) is -0.777. The molecule has 0 aromatic rings. The van der Waals surface area contributed by atoms with E-state index in [0.717, 1.165) is 19.4 Å². The van der Waals surface area contributed by atoms with Crippen LogP contribution in [0.4, 0.5) is 0 Å². The molecule has 0 saturated carbocycles. The molecule has 1 aliphatic rings. The molecule has 4 N–H and O–H groups in total. The Kier molecular flexibility index (Phi) is 7.07. The van der Waals surface area contributed by atoms with Gasteiger partial charge in [0.15, 0.2) is 0 Å².